The third kappa shape index (κ3) is 5.20. The van der Waals surface area contributed by atoms with Crippen LogP contribution in [0.1, 0.15) is 33.1 Å². The van der Waals surface area contributed by atoms with Gasteiger partial charge in [0.25, 0.3) is 0 Å². The van der Waals surface area contributed by atoms with E-state index in [0.717, 1.165) is 29.8 Å². The lowest BCUT2D eigenvalue weighted by molar-refractivity contribution is -0.135. The first-order valence-electron chi connectivity index (χ1n) is 10.8. The van der Waals surface area contributed by atoms with Gasteiger partial charge in [-0.2, -0.15) is 0 Å². The monoisotopic (exact) mass is 416 g/mol. The van der Waals surface area contributed by atoms with Crippen LogP contribution in [0.5, 0.6) is 0 Å². The molecule has 0 atom stereocenters. The molecule has 0 radical (unpaired) electrons. The van der Waals surface area contributed by atoms with Crippen molar-refractivity contribution >= 4 is 17.8 Å². The summed E-state index contributed by atoms with van der Waals surface area (Å²) in [6.45, 7) is 4.09. The Balaban J connectivity index is 1.57. The van der Waals surface area contributed by atoms with E-state index in [0.29, 0.717) is 12.4 Å². The van der Waals surface area contributed by atoms with Crippen LogP contribution >= 0.6 is 0 Å². The largest absolute Gasteiger partial charge is 0.330 e. The highest BCUT2D eigenvalue weighted by molar-refractivity contribution is 5.94. The Kier molecular flexibility index (Phi) is 6.16. The highest BCUT2D eigenvalue weighted by Crippen LogP contribution is 2.28. The molecule has 1 saturated carbocycles. The van der Waals surface area contributed by atoms with Crippen LogP contribution in [0, 0.1) is 5.92 Å². The fourth-order valence-electron chi connectivity index (χ4n) is 3.59. The molecule has 0 aliphatic heterocycles. The van der Waals surface area contributed by atoms with Gasteiger partial charge in [0.15, 0.2) is 0 Å². The van der Waals surface area contributed by atoms with Gasteiger partial charge in [-0.15, -0.1) is 0 Å². The number of amides is 2. The van der Waals surface area contributed by atoms with Crippen LogP contribution in [0.3, 0.4) is 0 Å². The summed E-state index contributed by atoms with van der Waals surface area (Å²) in [5.41, 5.74) is 2.65. The summed E-state index contributed by atoms with van der Waals surface area (Å²) in [7, 11) is 0. The molecular formula is C25H28N4O2. The Hall–Kier alpha value is -3.41. The molecule has 3 aromatic rings. The molecule has 1 aliphatic rings. The first-order valence-corrected chi connectivity index (χ1v) is 10.8. The lowest BCUT2D eigenvalue weighted by atomic mass is 10.1. The minimum atomic E-state index is -0.230. The Bertz CT molecular complexity index is 1040. The third-order valence-electron chi connectivity index (χ3n) is 5.27. The first kappa shape index (κ1) is 20.8. The number of hydrogen-bond donors (Lipinski definition) is 1. The lowest BCUT2D eigenvalue weighted by Gasteiger charge is -2.22. The molecule has 2 aromatic carbocycles. The molecule has 1 aliphatic carbocycles. The van der Waals surface area contributed by atoms with Crippen LogP contribution in [-0.4, -0.2) is 38.9 Å². The number of benzene rings is 2. The molecule has 0 unspecified atom stereocenters. The molecule has 2 amide bonds. The number of carbonyl (C=O) groups excluding carboxylic acids is 2. The standard InChI is InChI=1S/C25H28N4O2/c1-18(2)15-24(31)28(21-13-14-21)17-23(30)27-25-26-22(19-9-5-3-6-10-19)16-29(25)20-11-7-4-8-12-20/h3-12,16,18,21H,13-15,17H2,1-2H3,(H,26,27,30). The minimum Gasteiger partial charge on any atom is -0.330 e. The van der Waals surface area contributed by atoms with Crippen LogP contribution in [0.2, 0.25) is 0 Å². The number of carbonyl (C=O) groups is 2. The summed E-state index contributed by atoms with van der Waals surface area (Å²) in [6, 6.07) is 19.8. The van der Waals surface area contributed by atoms with Crippen molar-refractivity contribution in [1.82, 2.24) is 14.5 Å². The second-order valence-electron chi connectivity index (χ2n) is 8.42. The highest BCUT2D eigenvalue weighted by Gasteiger charge is 2.34. The minimum absolute atomic E-state index is 0.0454. The molecule has 0 saturated heterocycles. The van der Waals surface area contributed by atoms with Gasteiger partial charge in [-0.3, -0.25) is 19.5 Å². The van der Waals surface area contributed by atoms with Gasteiger partial charge in [-0.25, -0.2) is 4.98 Å². The highest BCUT2D eigenvalue weighted by atomic mass is 16.2. The van der Waals surface area contributed by atoms with E-state index in [1.54, 1.807) is 4.90 Å². The quantitative estimate of drug-likeness (QED) is 0.587. The maximum Gasteiger partial charge on any atom is 0.246 e. The molecule has 1 N–H and O–H groups in total. The van der Waals surface area contributed by atoms with E-state index in [4.69, 9.17) is 0 Å². The molecule has 6 heteroatoms. The molecule has 31 heavy (non-hydrogen) atoms. The second-order valence-corrected chi connectivity index (χ2v) is 8.42. The number of nitrogens with zero attached hydrogens (tertiary/aromatic N) is 3. The fraction of sp³-hybridized carbons (Fsp3) is 0.320. The summed E-state index contributed by atoms with van der Waals surface area (Å²) in [5, 5.41) is 2.94. The molecule has 1 aromatic heterocycles. The van der Waals surface area contributed by atoms with Crippen molar-refractivity contribution < 1.29 is 9.59 Å². The molecular weight excluding hydrogens is 388 g/mol. The van der Waals surface area contributed by atoms with Crippen molar-refractivity contribution in [2.75, 3.05) is 11.9 Å². The third-order valence-corrected chi connectivity index (χ3v) is 5.27. The van der Waals surface area contributed by atoms with Crippen molar-refractivity contribution in [2.24, 2.45) is 5.92 Å². The lowest BCUT2D eigenvalue weighted by Crippen LogP contribution is -2.40. The van der Waals surface area contributed by atoms with Gasteiger partial charge >= 0.3 is 0 Å². The van der Waals surface area contributed by atoms with E-state index in [1.165, 1.54) is 0 Å². The second kappa shape index (κ2) is 9.16. The van der Waals surface area contributed by atoms with Gasteiger partial charge in [0.1, 0.15) is 6.54 Å². The van der Waals surface area contributed by atoms with Gasteiger partial charge in [-0.1, -0.05) is 62.4 Å². The normalized spacial score (nSPS) is 13.3. The zero-order chi connectivity index (χ0) is 21.8. The van der Waals surface area contributed by atoms with E-state index in [9.17, 15) is 9.59 Å². The van der Waals surface area contributed by atoms with Gasteiger partial charge in [0.2, 0.25) is 17.8 Å². The van der Waals surface area contributed by atoms with Crippen molar-refractivity contribution in [3.8, 4) is 16.9 Å². The SMILES string of the molecule is CC(C)CC(=O)N(CC(=O)Nc1nc(-c2ccccc2)cn1-c1ccccc1)C1CC1. The molecule has 4 rings (SSSR count). The number of anilines is 1. The molecule has 0 spiro atoms. The Labute approximate surface area is 182 Å². The maximum absolute atomic E-state index is 12.9. The van der Waals surface area contributed by atoms with E-state index in [2.05, 4.69) is 10.3 Å². The maximum atomic E-state index is 12.9. The number of aromatic nitrogens is 2. The van der Waals surface area contributed by atoms with Gasteiger partial charge in [0, 0.05) is 29.9 Å². The first-order chi connectivity index (χ1) is 15.0. The topological polar surface area (TPSA) is 67.2 Å². The number of imidazole rings is 1. The van der Waals surface area contributed by atoms with Gasteiger partial charge in [-0.05, 0) is 30.9 Å². The van der Waals surface area contributed by atoms with Crippen LogP contribution in [-0.2, 0) is 9.59 Å². The summed E-state index contributed by atoms with van der Waals surface area (Å²) in [5.74, 6) is 0.528. The molecule has 1 heterocycles. The van der Waals surface area contributed by atoms with Crippen molar-refractivity contribution in [3.63, 3.8) is 0 Å². The van der Waals surface area contributed by atoms with Gasteiger partial charge in [0.05, 0.1) is 5.69 Å². The summed E-state index contributed by atoms with van der Waals surface area (Å²) < 4.78 is 1.87. The van der Waals surface area contributed by atoms with E-state index in [-0.39, 0.29) is 30.3 Å². The zero-order valence-corrected chi connectivity index (χ0v) is 18.0. The van der Waals surface area contributed by atoms with Crippen molar-refractivity contribution in [2.45, 2.75) is 39.2 Å². The van der Waals surface area contributed by atoms with Crippen molar-refractivity contribution in [3.05, 3.63) is 66.9 Å². The molecule has 0 bridgehead atoms. The summed E-state index contributed by atoms with van der Waals surface area (Å²) >= 11 is 0. The van der Waals surface area contributed by atoms with E-state index < -0.39 is 0 Å². The van der Waals surface area contributed by atoms with Crippen LogP contribution in [0.25, 0.3) is 16.9 Å². The Morgan fingerprint density at radius 3 is 2.32 bits per heavy atom. The number of hydrogen-bond acceptors (Lipinski definition) is 3. The van der Waals surface area contributed by atoms with Gasteiger partial charge < -0.3 is 4.90 Å². The number of para-hydroxylation sites is 1. The van der Waals surface area contributed by atoms with E-state index in [1.807, 2.05) is 85.3 Å². The average molecular weight is 417 g/mol. The number of rotatable bonds is 8. The van der Waals surface area contributed by atoms with Crippen LogP contribution in [0.4, 0.5) is 5.95 Å². The van der Waals surface area contributed by atoms with Crippen LogP contribution < -0.4 is 5.32 Å². The zero-order valence-electron chi connectivity index (χ0n) is 18.0. The molecule has 1 fully saturated rings. The van der Waals surface area contributed by atoms with Crippen molar-refractivity contribution in [1.29, 1.82) is 0 Å². The average Bonchev–Trinajstić information content (AvgIpc) is 3.52. The predicted octanol–water partition coefficient (Wildman–Crippen LogP) is 4.51. The Morgan fingerprint density at radius 1 is 1.06 bits per heavy atom. The smallest absolute Gasteiger partial charge is 0.246 e. The molecule has 160 valence electrons. The van der Waals surface area contributed by atoms with Crippen LogP contribution in [0.15, 0.2) is 66.9 Å². The Morgan fingerprint density at radius 2 is 1.71 bits per heavy atom. The predicted molar refractivity (Wildman–Crippen MR) is 122 cm³/mol. The summed E-state index contributed by atoms with van der Waals surface area (Å²) in [4.78, 5) is 32.0. The fourth-order valence-corrected chi connectivity index (χ4v) is 3.59. The number of nitrogens with one attached hydrogen (secondary N) is 1. The summed E-state index contributed by atoms with van der Waals surface area (Å²) in [6.07, 6.45) is 4.31. The molecule has 6 nitrogen and oxygen atoms in total. The van der Waals surface area contributed by atoms with E-state index >= 15 is 0 Å².